The molecule has 3 N–H and O–H groups in total. The maximum absolute atomic E-state index is 13.5. The lowest BCUT2D eigenvalue weighted by Gasteiger charge is -2.33. The van der Waals surface area contributed by atoms with Gasteiger partial charge >= 0.3 is 6.09 Å². The van der Waals surface area contributed by atoms with Crippen LogP contribution in [0.3, 0.4) is 0 Å². The van der Waals surface area contributed by atoms with Gasteiger partial charge in [0.2, 0.25) is 11.8 Å². The van der Waals surface area contributed by atoms with Crippen LogP contribution >= 0.6 is 0 Å². The predicted molar refractivity (Wildman–Crippen MR) is 129 cm³/mol. The van der Waals surface area contributed by atoms with E-state index in [1.54, 1.807) is 46.9 Å². The highest BCUT2D eigenvalue weighted by Gasteiger charge is 2.35. The molecule has 0 radical (unpaired) electrons. The van der Waals surface area contributed by atoms with E-state index >= 15 is 0 Å². The van der Waals surface area contributed by atoms with Crippen molar-refractivity contribution in [3.63, 3.8) is 0 Å². The number of aryl methyl sites for hydroxylation is 1. The Morgan fingerprint density at radius 1 is 1.12 bits per heavy atom. The number of nitrogens with one attached hydrogen (secondary N) is 2. The molecule has 0 fully saturated rings. The van der Waals surface area contributed by atoms with Crippen molar-refractivity contribution in [2.24, 2.45) is 5.92 Å². The number of hydrogen-bond donors (Lipinski definition) is 3. The van der Waals surface area contributed by atoms with E-state index in [2.05, 4.69) is 10.6 Å². The van der Waals surface area contributed by atoms with Crippen LogP contribution in [-0.2, 0) is 14.3 Å². The number of nitrogens with zero attached hydrogens (tertiary/aromatic N) is 1. The van der Waals surface area contributed by atoms with E-state index in [1.165, 1.54) is 11.0 Å². The summed E-state index contributed by atoms with van der Waals surface area (Å²) in [6.07, 6.45) is 1.02. The van der Waals surface area contributed by atoms with E-state index < -0.39 is 29.7 Å². The number of likely N-dealkylation sites (N-methyl/N-ethyl adjacent to an activating group) is 1. The number of aromatic hydroxyl groups is 1. The molecule has 1 aromatic carbocycles. The van der Waals surface area contributed by atoms with Gasteiger partial charge in [-0.2, -0.15) is 0 Å². The van der Waals surface area contributed by atoms with Gasteiger partial charge in [-0.1, -0.05) is 33.3 Å². The summed E-state index contributed by atoms with van der Waals surface area (Å²) in [6, 6.07) is 2.96. The molecule has 0 aromatic heterocycles. The van der Waals surface area contributed by atoms with Gasteiger partial charge in [0.05, 0.1) is 0 Å². The second-order valence-electron chi connectivity index (χ2n) is 9.96. The number of amides is 3. The van der Waals surface area contributed by atoms with E-state index in [1.807, 2.05) is 27.7 Å². The molecule has 1 rings (SSSR count). The first-order chi connectivity index (χ1) is 15.2. The molecule has 0 saturated heterocycles. The van der Waals surface area contributed by atoms with Gasteiger partial charge < -0.3 is 25.4 Å². The molecule has 3 amide bonds. The van der Waals surface area contributed by atoms with Gasteiger partial charge in [0.15, 0.2) is 0 Å². The molecule has 33 heavy (non-hydrogen) atoms. The Morgan fingerprint density at radius 2 is 1.73 bits per heavy atom. The summed E-state index contributed by atoms with van der Waals surface area (Å²) in [4.78, 5) is 40.5. The summed E-state index contributed by atoms with van der Waals surface area (Å²) in [7, 11) is 1.55. The van der Waals surface area contributed by atoms with Gasteiger partial charge in [0.25, 0.3) is 0 Å². The molecule has 0 heterocycles. The maximum atomic E-state index is 13.5. The Hall–Kier alpha value is -2.77. The minimum absolute atomic E-state index is 0.0625. The number of rotatable bonds is 9. The molecule has 0 aliphatic heterocycles. The Labute approximate surface area is 198 Å². The minimum Gasteiger partial charge on any atom is -0.508 e. The average Bonchev–Trinajstić information content (AvgIpc) is 2.67. The predicted octanol–water partition coefficient (Wildman–Crippen LogP) is 4.05. The first-order valence-electron chi connectivity index (χ1n) is 11.5. The number of benzene rings is 1. The molecule has 0 spiro atoms. The highest BCUT2D eigenvalue weighted by atomic mass is 16.6. The molecule has 0 aliphatic rings. The molecule has 0 bridgehead atoms. The van der Waals surface area contributed by atoms with Crippen LogP contribution in [0.25, 0.3) is 0 Å². The van der Waals surface area contributed by atoms with Gasteiger partial charge in [0.1, 0.15) is 23.4 Å². The molecular formula is C25H41N3O5. The van der Waals surface area contributed by atoms with Crippen LogP contribution in [0, 0.1) is 12.8 Å². The first-order valence-corrected chi connectivity index (χ1v) is 11.5. The fourth-order valence-electron chi connectivity index (χ4n) is 3.52. The number of hydrogen-bond acceptors (Lipinski definition) is 5. The van der Waals surface area contributed by atoms with Crippen LogP contribution in [0.1, 0.15) is 78.5 Å². The van der Waals surface area contributed by atoms with Crippen molar-refractivity contribution in [1.29, 1.82) is 0 Å². The number of carbonyl (C=O) groups is 3. The van der Waals surface area contributed by atoms with Gasteiger partial charge in [-0.25, -0.2) is 4.79 Å². The lowest BCUT2D eigenvalue weighted by molar-refractivity contribution is -0.141. The summed E-state index contributed by atoms with van der Waals surface area (Å²) in [5.74, 6) is -0.865. The second-order valence-corrected chi connectivity index (χ2v) is 9.96. The van der Waals surface area contributed by atoms with E-state index in [0.717, 1.165) is 12.8 Å². The fraction of sp³-hybridized carbons (Fsp3) is 0.640. The third kappa shape index (κ3) is 8.59. The number of alkyl carbamates (subject to hydrolysis) is 1. The van der Waals surface area contributed by atoms with E-state index in [0.29, 0.717) is 11.1 Å². The molecular weight excluding hydrogens is 422 g/mol. The fourth-order valence-corrected chi connectivity index (χ4v) is 3.52. The van der Waals surface area contributed by atoms with Crippen molar-refractivity contribution < 1.29 is 24.2 Å². The zero-order chi connectivity index (χ0) is 25.5. The Bertz CT molecular complexity index is 832. The Morgan fingerprint density at radius 3 is 2.21 bits per heavy atom. The third-order valence-corrected chi connectivity index (χ3v) is 5.24. The quantitative estimate of drug-likeness (QED) is 0.512. The SMILES string of the molecule is CCCC(C)NC(=O)C(c1ccc(O)c(C)c1)N(C)C(=O)C(NC(=O)OC(C)(C)C)C(C)C. The van der Waals surface area contributed by atoms with Crippen LogP contribution in [0.2, 0.25) is 0 Å². The zero-order valence-electron chi connectivity index (χ0n) is 21.5. The lowest BCUT2D eigenvalue weighted by atomic mass is 9.98. The standard InChI is InChI=1S/C25H41N3O5/c1-10-11-17(5)26-22(30)21(18-12-13-19(29)16(4)14-18)28(9)23(31)20(15(2)3)27-24(32)33-25(6,7)8/h12-15,17,20-21,29H,10-11H2,1-9H3,(H,26,30)(H,27,32). The topological polar surface area (TPSA) is 108 Å². The highest BCUT2D eigenvalue weighted by molar-refractivity contribution is 5.92. The monoisotopic (exact) mass is 463 g/mol. The molecule has 0 saturated carbocycles. The Kier molecular flexibility index (Phi) is 10.2. The summed E-state index contributed by atoms with van der Waals surface area (Å²) in [6.45, 7) is 14.6. The van der Waals surface area contributed by atoms with Crippen molar-refractivity contribution >= 4 is 17.9 Å². The minimum atomic E-state index is -0.933. The smallest absolute Gasteiger partial charge is 0.408 e. The van der Waals surface area contributed by atoms with Crippen molar-refractivity contribution in [2.75, 3.05) is 7.05 Å². The van der Waals surface area contributed by atoms with Crippen LogP contribution in [0.15, 0.2) is 18.2 Å². The van der Waals surface area contributed by atoms with Crippen LogP contribution in [0.4, 0.5) is 4.79 Å². The molecule has 3 unspecified atom stereocenters. The largest absolute Gasteiger partial charge is 0.508 e. The summed E-state index contributed by atoms with van der Waals surface area (Å²) >= 11 is 0. The summed E-state index contributed by atoms with van der Waals surface area (Å²) in [5.41, 5.74) is 0.462. The molecule has 0 aliphatic carbocycles. The number of ether oxygens (including phenoxy) is 1. The molecule has 186 valence electrons. The van der Waals surface area contributed by atoms with Gasteiger partial charge in [-0.05, 0) is 70.2 Å². The van der Waals surface area contributed by atoms with Crippen LogP contribution in [0.5, 0.6) is 5.75 Å². The summed E-state index contributed by atoms with van der Waals surface area (Å²) in [5, 5.41) is 15.6. The van der Waals surface area contributed by atoms with Crippen molar-refractivity contribution in [3.05, 3.63) is 29.3 Å². The van der Waals surface area contributed by atoms with E-state index in [9.17, 15) is 19.5 Å². The van der Waals surface area contributed by atoms with Gasteiger partial charge in [-0.3, -0.25) is 9.59 Å². The number of carbonyl (C=O) groups excluding carboxylic acids is 3. The number of phenolic OH excluding ortho intramolecular Hbond substituents is 1. The maximum Gasteiger partial charge on any atom is 0.408 e. The molecule has 8 nitrogen and oxygen atoms in total. The molecule has 3 atom stereocenters. The Balaban J connectivity index is 3.28. The van der Waals surface area contributed by atoms with E-state index in [-0.39, 0.29) is 23.6 Å². The van der Waals surface area contributed by atoms with E-state index in [4.69, 9.17) is 4.74 Å². The molecule has 8 heteroatoms. The number of phenols is 1. The lowest BCUT2D eigenvalue weighted by Crippen LogP contribution is -2.54. The average molecular weight is 464 g/mol. The van der Waals surface area contributed by atoms with Gasteiger partial charge in [-0.15, -0.1) is 0 Å². The highest BCUT2D eigenvalue weighted by Crippen LogP contribution is 2.27. The molecule has 1 aromatic rings. The second kappa shape index (κ2) is 11.9. The van der Waals surface area contributed by atoms with Gasteiger partial charge in [0, 0.05) is 13.1 Å². The first kappa shape index (κ1) is 28.3. The normalized spacial score (nSPS) is 14.2. The van der Waals surface area contributed by atoms with Crippen molar-refractivity contribution in [3.8, 4) is 5.75 Å². The zero-order valence-corrected chi connectivity index (χ0v) is 21.5. The third-order valence-electron chi connectivity index (χ3n) is 5.24. The van der Waals surface area contributed by atoms with Crippen LogP contribution < -0.4 is 10.6 Å². The van der Waals surface area contributed by atoms with Crippen LogP contribution in [-0.4, -0.2) is 52.6 Å². The summed E-state index contributed by atoms with van der Waals surface area (Å²) < 4.78 is 5.32. The van der Waals surface area contributed by atoms with Crippen molar-refractivity contribution in [2.45, 2.75) is 92.0 Å². The van der Waals surface area contributed by atoms with Crippen molar-refractivity contribution in [1.82, 2.24) is 15.5 Å².